The monoisotopic (exact) mass is 329 g/mol. The number of nitrogens with one attached hydrogen (secondary N) is 2. The van der Waals surface area contributed by atoms with Gasteiger partial charge in [0.1, 0.15) is 12.1 Å². The van der Waals surface area contributed by atoms with E-state index in [0.717, 1.165) is 12.1 Å². The maximum Gasteiger partial charge on any atom is 0.418 e. The summed E-state index contributed by atoms with van der Waals surface area (Å²) in [6.45, 7) is 2.26. The van der Waals surface area contributed by atoms with Crippen molar-refractivity contribution in [2.24, 2.45) is 0 Å². The molecular weight excluding hydrogens is 315 g/mol. The van der Waals surface area contributed by atoms with Gasteiger partial charge in [-0.25, -0.2) is 4.79 Å². The minimum absolute atomic E-state index is 0.434. The topological polar surface area (TPSA) is 78.5 Å². The van der Waals surface area contributed by atoms with Gasteiger partial charge in [0.15, 0.2) is 0 Å². The number of alkyl halides is 3. The van der Waals surface area contributed by atoms with Crippen LogP contribution in [0, 0.1) is 0 Å². The average molecular weight is 329 g/mol. The summed E-state index contributed by atoms with van der Waals surface area (Å²) in [5.74, 6) is -1.52. The van der Waals surface area contributed by atoms with Crippen LogP contribution in [-0.4, -0.2) is 34.8 Å². The number of amides is 4. The molecule has 6 nitrogen and oxygen atoms in total. The Morgan fingerprint density at radius 1 is 1.26 bits per heavy atom. The summed E-state index contributed by atoms with van der Waals surface area (Å²) in [6.07, 6.45) is -4.63. The van der Waals surface area contributed by atoms with Crippen LogP contribution < -0.4 is 10.6 Å². The molecule has 2 N–H and O–H groups in total. The molecule has 0 unspecified atom stereocenters. The van der Waals surface area contributed by atoms with Crippen LogP contribution in [0.25, 0.3) is 0 Å². The molecule has 1 heterocycles. The molecule has 1 aliphatic heterocycles. The van der Waals surface area contributed by atoms with Gasteiger partial charge in [0.05, 0.1) is 11.3 Å². The highest BCUT2D eigenvalue weighted by Gasteiger charge is 2.45. The van der Waals surface area contributed by atoms with E-state index in [1.807, 2.05) is 0 Å². The first kappa shape index (κ1) is 16.8. The summed E-state index contributed by atoms with van der Waals surface area (Å²) in [4.78, 5) is 36.1. The lowest BCUT2D eigenvalue weighted by atomic mass is 10.1. The van der Waals surface area contributed by atoms with Gasteiger partial charge in [-0.1, -0.05) is 12.1 Å². The molecule has 0 bridgehead atoms. The van der Waals surface area contributed by atoms with Gasteiger partial charge in [-0.15, -0.1) is 0 Å². The Kier molecular flexibility index (Phi) is 4.06. The van der Waals surface area contributed by atoms with Gasteiger partial charge < -0.3 is 10.6 Å². The van der Waals surface area contributed by atoms with Crippen molar-refractivity contribution in [1.82, 2.24) is 10.2 Å². The first-order chi connectivity index (χ1) is 10.5. The van der Waals surface area contributed by atoms with Gasteiger partial charge in [0.25, 0.3) is 5.91 Å². The van der Waals surface area contributed by atoms with Crippen LogP contribution in [0.15, 0.2) is 24.3 Å². The molecule has 124 valence electrons. The van der Waals surface area contributed by atoms with Crippen LogP contribution in [0.3, 0.4) is 0 Å². The molecule has 4 amide bonds. The third kappa shape index (κ3) is 3.43. The Morgan fingerprint density at radius 2 is 1.87 bits per heavy atom. The largest absolute Gasteiger partial charge is 0.418 e. The van der Waals surface area contributed by atoms with Crippen LogP contribution in [0.2, 0.25) is 0 Å². The fourth-order valence-electron chi connectivity index (χ4n) is 2.13. The summed E-state index contributed by atoms with van der Waals surface area (Å²) < 4.78 is 38.5. The van der Waals surface area contributed by atoms with E-state index in [0.29, 0.717) is 4.90 Å². The van der Waals surface area contributed by atoms with E-state index in [1.54, 1.807) is 0 Å². The second-order valence-corrected chi connectivity index (χ2v) is 5.54. The van der Waals surface area contributed by atoms with Crippen LogP contribution in [0.1, 0.15) is 19.4 Å². The Balaban J connectivity index is 2.13. The molecule has 0 aromatic heterocycles. The summed E-state index contributed by atoms with van der Waals surface area (Å²) in [5, 5.41) is 4.45. The van der Waals surface area contributed by atoms with Gasteiger partial charge in [0, 0.05) is 0 Å². The van der Waals surface area contributed by atoms with Crippen LogP contribution in [0.4, 0.5) is 23.7 Å². The molecule has 1 aromatic carbocycles. The fraction of sp³-hybridized carbons (Fsp3) is 0.357. The lowest BCUT2D eigenvalue weighted by Gasteiger charge is -2.17. The number of halogens is 3. The van der Waals surface area contributed by atoms with Crippen molar-refractivity contribution in [2.75, 3.05) is 11.9 Å². The summed E-state index contributed by atoms with van der Waals surface area (Å²) in [6, 6.07) is 3.68. The van der Waals surface area contributed by atoms with Crippen LogP contribution in [-0.2, 0) is 15.8 Å². The first-order valence-corrected chi connectivity index (χ1v) is 6.62. The highest BCUT2D eigenvalue weighted by Crippen LogP contribution is 2.34. The average Bonchev–Trinajstić information content (AvgIpc) is 2.60. The molecule has 23 heavy (non-hydrogen) atoms. The zero-order valence-electron chi connectivity index (χ0n) is 12.3. The fourth-order valence-corrected chi connectivity index (χ4v) is 2.13. The van der Waals surface area contributed by atoms with Gasteiger partial charge in [-0.2, -0.15) is 13.2 Å². The molecule has 0 spiro atoms. The zero-order chi connectivity index (χ0) is 17.4. The molecule has 0 aliphatic carbocycles. The van der Waals surface area contributed by atoms with Crippen LogP contribution in [0.5, 0.6) is 0 Å². The number of carbonyl (C=O) groups is 3. The highest BCUT2D eigenvalue weighted by molar-refractivity contribution is 6.09. The molecule has 1 aromatic rings. The Hall–Kier alpha value is -2.58. The molecule has 0 atom stereocenters. The normalized spacial score (nSPS) is 17.2. The standard InChI is InChI=1S/C14H14F3N3O3/c1-13(2)11(22)20(12(23)19-13)7-10(21)18-9-6-4-3-5-8(9)14(15,16)17/h3-6H,7H2,1-2H3,(H,18,21)(H,19,23). The van der Waals surface area contributed by atoms with Crippen molar-refractivity contribution < 1.29 is 27.6 Å². The van der Waals surface area contributed by atoms with E-state index in [2.05, 4.69) is 10.6 Å². The number of hydrogen-bond acceptors (Lipinski definition) is 3. The number of rotatable bonds is 3. The van der Waals surface area contributed by atoms with Gasteiger partial charge >= 0.3 is 12.2 Å². The van der Waals surface area contributed by atoms with Crippen molar-refractivity contribution in [1.29, 1.82) is 0 Å². The number of carbonyl (C=O) groups excluding carboxylic acids is 3. The Morgan fingerprint density at radius 3 is 2.39 bits per heavy atom. The number of anilines is 1. The number of benzene rings is 1. The minimum atomic E-state index is -4.63. The lowest BCUT2D eigenvalue weighted by molar-refractivity contribution is -0.137. The smallest absolute Gasteiger partial charge is 0.324 e. The van der Waals surface area contributed by atoms with E-state index in [1.165, 1.54) is 26.0 Å². The number of hydrogen-bond donors (Lipinski definition) is 2. The zero-order valence-corrected chi connectivity index (χ0v) is 12.3. The van der Waals surface area contributed by atoms with Crippen molar-refractivity contribution in [2.45, 2.75) is 25.6 Å². The molecule has 9 heteroatoms. The second kappa shape index (κ2) is 5.56. The van der Waals surface area contributed by atoms with E-state index in [9.17, 15) is 27.6 Å². The molecule has 1 saturated heterocycles. The molecule has 2 rings (SSSR count). The third-order valence-electron chi connectivity index (χ3n) is 3.25. The second-order valence-electron chi connectivity index (χ2n) is 5.54. The Labute approximate surface area is 129 Å². The van der Waals surface area contributed by atoms with Crippen molar-refractivity contribution in [3.05, 3.63) is 29.8 Å². The lowest BCUT2D eigenvalue weighted by Crippen LogP contribution is -2.41. The third-order valence-corrected chi connectivity index (χ3v) is 3.25. The maximum atomic E-state index is 12.8. The predicted molar refractivity (Wildman–Crippen MR) is 74.4 cm³/mol. The molecular formula is C14H14F3N3O3. The summed E-state index contributed by atoms with van der Waals surface area (Å²) in [5.41, 5.74) is -2.59. The number of imide groups is 1. The van der Waals surface area contributed by atoms with Crippen molar-refractivity contribution >= 4 is 23.5 Å². The van der Waals surface area contributed by atoms with E-state index in [-0.39, 0.29) is 0 Å². The van der Waals surface area contributed by atoms with E-state index < -0.39 is 47.4 Å². The summed E-state index contributed by atoms with van der Waals surface area (Å²) in [7, 11) is 0. The predicted octanol–water partition coefficient (Wildman–Crippen LogP) is 1.97. The quantitative estimate of drug-likeness (QED) is 0.832. The summed E-state index contributed by atoms with van der Waals surface area (Å²) >= 11 is 0. The molecule has 1 fully saturated rings. The van der Waals surface area contributed by atoms with Gasteiger partial charge in [-0.3, -0.25) is 14.5 Å². The maximum absolute atomic E-state index is 12.8. The molecule has 1 aliphatic rings. The van der Waals surface area contributed by atoms with Gasteiger partial charge in [-0.05, 0) is 26.0 Å². The number of para-hydroxylation sites is 1. The minimum Gasteiger partial charge on any atom is -0.324 e. The van der Waals surface area contributed by atoms with Crippen molar-refractivity contribution in [3.63, 3.8) is 0 Å². The van der Waals surface area contributed by atoms with E-state index >= 15 is 0 Å². The van der Waals surface area contributed by atoms with Crippen LogP contribution >= 0.6 is 0 Å². The van der Waals surface area contributed by atoms with Crippen molar-refractivity contribution in [3.8, 4) is 0 Å². The number of urea groups is 1. The molecule has 0 saturated carbocycles. The SMILES string of the molecule is CC1(C)NC(=O)N(CC(=O)Nc2ccccc2C(F)(F)F)C1=O. The highest BCUT2D eigenvalue weighted by atomic mass is 19.4. The first-order valence-electron chi connectivity index (χ1n) is 6.62. The molecule has 0 radical (unpaired) electrons. The van der Waals surface area contributed by atoms with Gasteiger partial charge in [0.2, 0.25) is 5.91 Å². The number of nitrogens with zero attached hydrogens (tertiary/aromatic N) is 1. The van der Waals surface area contributed by atoms with E-state index in [4.69, 9.17) is 0 Å². The Bertz CT molecular complexity index is 671.